The van der Waals surface area contributed by atoms with Crippen molar-refractivity contribution >= 4 is 10.0 Å². The lowest BCUT2D eigenvalue weighted by molar-refractivity contribution is 0.148. The van der Waals surface area contributed by atoms with Gasteiger partial charge in [-0.2, -0.15) is 0 Å². The van der Waals surface area contributed by atoms with Gasteiger partial charge in [-0.3, -0.25) is 4.90 Å². The van der Waals surface area contributed by atoms with Gasteiger partial charge in [-0.15, -0.1) is 0 Å². The number of benzene rings is 1. The summed E-state index contributed by atoms with van der Waals surface area (Å²) in [6.07, 6.45) is 2.32. The van der Waals surface area contributed by atoms with Crippen molar-refractivity contribution in [1.29, 1.82) is 0 Å². The Bertz CT molecular complexity index is 552. The van der Waals surface area contributed by atoms with E-state index < -0.39 is 15.8 Å². The molecule has 2 rings (SSSR count). The predicted octanol–water partition coefficient (Wildman–Crippen LogP) is 2.22. The van der Waals surface area contributed by atoms with Gasteiger partial charge < -0.3 is 0 Å². The molecule has 0 amide bonds. The number of rotatable bonds is 5. The minimum Gasteiger partial charge on any atom is -0.299 e. The zero-order valence-corrected chi connectivity index (χ0v) is 13.4. The molecule has 1 atom stereocenters. The normalized spacial score (nSPS) is 19.6. The van der Waals surface area contributed by atoms with Crippen molar-refractivity contribution in [2.45, 2.75) is 37.6 Å². The standard InChI is InChI=1S/C15H23FN2O2S/c1-12-7-9-18(10-8-12)13(2)11-17-21(19,20)15-5-3-14(16)4-6-15/h3-6,12-13,17H,7-11H2,1-2H3. The second-order valence-corrected chi connectivity index (χ2v) is 7.64. The Labute approximate surface area is 126 Å². The first-order valence-electron chi connectivity index (χ1n) is 7.38. The van der Waals surface area contributed by atoms with Crippen LogP contribution in [-0.2, 0) is 10.0 Å². The molecule has 1 heterocycles. The van der Waals surface area contributed by atoms with E-state index >= 15 is 0 Å². The van der Waals surface area contributed by atoms with E-state index in [-0.39, 0.29) is 10.9 Å². The number of piperidine rings is 1. The molecule has 0 spiro atoms. The van der Waals surface area contributed by atoms with Crippen LogP contribution in [0, 0.1) is 11.7 Å². The smallest absolute Gasteiger partial charge is 0.240 e. The topological polar surface area (TPSA) is 49.4 Å². The summed E-state index contributed by atoms with van der Waals surface area (Å²) in [6.45, 7) is 6.68. The van der Waals surface area contributed by atoms with E-state index in [0.29, 0.717) is 6.54 Å². The second-order valence-electron chi connectivity index (χ2n) is 5.87. The third-order valence-corrected chi connectivity index (χ3v) is 5.57. The van der Waals surface area contributed by atoms with E-state index in [1.807, 2.05) is 6.92 Å². The van der Waals surface area contributed by atoms with E-state index in [9.17, 15) is 12.8 Å². The van der Waals surface area contributed by atoms with E-state index in [1.165, 1.54) is 12.1 Å². The van der Waals surface area contributed by atoms with Crippen LogP contribution >= 0.6 is 0 Å². The fraction of sp³-hybridized carbons (Fsp3) is 0.600. The van der Waals surface area contributed by atoms with Crippen LogP contribution < -0.4 is 4.72 Å². The number of hydrogen-bond acceptors (Lipinski definition) is 3. The molecule has 1 aliphatic rings. The first-order valence-corrected chi connectivity index (χ1v) is 8.86. The summed E-state index contributed by atoms with van der Waals surface area (Å²) >= 11 is 0. The lowest BCUT2D eigenvalue weighted by Gasteiger charge is -2.34. The van der Waals surface area contributed by atoms with Crippen molar-refractivity contribution in [1.82, 2.24) is 9.62 Å². The van der Waals surface area contributed by atoms with Gasteiger partial charge in [0.25, 0.3) is 0 Å². The number of hydrogen-bond donors (Lipinski definition) is 1. The highest BCUT2D eigenvalue weighted by atomic mass is 32.2. The molecule has 1 fully saturated rings. The van der Waals surface area contributed by atoms with Gasteiger partial charge in [-0.05, 0) is 63.0 Å². The van der Waals surface area contributed by atoms with Gasteiger partial charge in [-0.1, -0.05) is 6.92 Å². The molecular formula is C15H23FN2O2S. The monoisotopic (exact) mass is 314 g/mol. The average Bonchev–Trinajstić information content (AvgIpc) is 2.46. The number of halogens is 1. The van der Waals surface area contributed by atoms with Crippen LogP contribution in [0.2, 0.25) is 0 Å². The molecule has 1 aliphatic heterocycles. The van der Waals surface area contributed by atoms with Crippen LogP contribution in [0.3, 0.4) is 0 Å². The molecule has 118 valence electrons. The molecule has 1 aromatic rings. The molecule has 1 N–H and O–H groups in total. The van der Waals surface area contributed by atoms with E-state index in [2.05, 4.69) is 16.5 Å². The molecule has 21 heavy (non-hydrogen) atoms. The quantitative estimate of drug-likeness (QED) is 0.906. The third kappa shape index (κ3) is 4.49. The first-order chi connectivity index (χ1) is 9.88. The molecular weight excluding hydrogens is 291 g/mol. The summed E-state index contributed by atoms with van der Waals surface area (Å²) < 4.78 is 39.7. The zero-order chi connectivity index (χ0) is 15.5. The predicted molar refractivity (Wildman–Crippen MR) is 81.0 cm³/mol. The Morgan fingerprint density at radius 3 is 2.43 bits per heavy atom. The van der Waals surface area contributed by atoms with Crippen molar-refractivity contribution in [3.05, 3.63) is 30.1 Å². The molecule has 0 radical (unpaired) electrons. The molecule has 1 unspecified atom stereocenters. The van der Waals surface area contributed by atoms with Gasteiger partial charge in [0, 0.05) is 12.6 Å². The molecule has 6 heteroatoms. The minimum absolute atomic E-state index is 0.100. The SMILES string of the molecule is CC1CCN(C(C)CNS(=O)(=O)c2ccc(F)cc2)CC1. The van der Waals surface area contributed by atoms with Gasteiger partial charge in [0.15, 0.2) is 0 Å². The lowest BCUT2D eigenvalue weighted by Crippen LogP contribution is -2.45. The maximum absolute atomic E-state index is 12.8. The van der Waals surface area contributed by atoms with Gasteiger partial charge in [0.05, 0.1) is 4.90 Å². The van der Waals surface area contributed by atoms with Crippen molar-refractivity contribution in [2.75, 3.05) is 19.6 Å². The number of nitrogens with zero attached hydrogens (tertiary/aromatic N) is 1. The summed E-state index contributed by atoms with van der Waals surface area (Å²) in [5.41, 5.74) is 0. The van der Waals surface area contributed by atoms with Gasteiger partial charge in [-0.25, -0.2) is 17.5 Å². The summed E-state index contributed by atoms with van der Waals surface area (Å²) in [4.78, 5) is 2.41. The maximum atomic E-state index is 12.8. The summed E-state index contributed by atoms with van der Waals surface area (Å²) in [6, 6.07) is 5.04. The maximum Gasteiger partial charge on any atom is 0.240 e. The van der Waals surface area contributed by atoms with E-state index in [4.69, 9.17) is 0 Å². The second kappa shape index (κ2) is 6.85. The molecule has 0 aromatic heterocycles. The van der Waals surface area contributed by atoms with Crippen molar-refractivity contribution < 1.29 is 12.8 Å². The first kappa shape index (κ1) is 16.4. The Hall–Kier alpha value is -0.980. The molecule has 1 aromatic carbocycles. The van der Waals surface area contributed by atoms with Crippen LogP contribution in [0.25, 0.3) is 0 Å². The van der Waals surface area contributed by atoms with Crippen LogP contribution in [0.15, 0.2) is 29.2 Å². The largest absolute Gasteiger partial charge is 0.299 e. The van der Waals surface area contributed by atoms with E-state index in [1.54, 1.807) is 0 Å². The van der Waals surface area contributed by atoms with Gasteiger partial charge in [0.1, 0.15) is 5.82 Å². The highest BCUT2D eigenvalue weighted by Gasteiger charge is 2.22. The number of sulfonamides is 1. The van der Waals surface area contributed by atoms with Crippen LogP contribution in [0.1, 0.15) is 26.7 Å². The lowest BCUT2D eigenvalue weighted by atomic mass is 9.98. The Morgan fingerprint density at radius 2 is 1.86 bits per heavy atom. The van der Waals surface area contributed by atoms with Crippen LogP contribution in [0.4, 0.5) is 4.39 Å². The third-order valence-electron chi connectivity index (χ3n) is 4.13. The zero-order valence-electron chi connectivity index (χ0n) is 12.5. The molecule has 0 aliphatic carbocycles. The highest BCUT2D eigenvalue weighted by Crippen LogP contribution is 2.18. The molecule has 0 saturated carbocycles. The van der Waals surface area contributed by atoms with Crippen molar-refractivity contribution in [2.24, 2.45) is 5.92 Å². The Morgan fingerprint density at radius 1 is 1.29 bits per heavy atom. The van der Waals surface area contributed by atoms with Gasteiger partial charge >= 0.3 is 0 Å². The van der Waals surface area contributed by atoms with Crippen LogP contribution in [0.5, 0.6) is 0 Å². The van der Waals surface area contributed by atoms with Crippen molar-refractivity contribution in [3.63, 3.8) is 0 Å². The van der Waals surface area contributed by atoms with Crippen molar-refractivity contribution in [3.8, 4) is 0 Å². The Balaban J connectivity index is 1.90. The number of likely N-dealkylation sites (tertiary alicyclic amines) is 1. The van der Waals surface area contributed by atoms with Gasteiger partial charge in [0.2, 0.25) is 10.0 Å². The van der Waals surface area contributed by atoms with E-state index in [0.717, 1.165) is 44.0 Å². The molecule has 1 saturated heterocycles. The minimum atomic E-state index is -3.56. The average molecular weight is 314 g/mol. The summed E-state index contributed by atoms with van der Waals surface area (Å²) in [5.74, 6) is 0.314. The fourth-order valence-electron chi connectivity index (χ4n) is 2.53. The highest BCUT2D eigenvalue weighted by molar-refractivity contribution is 7.89. The summed E-state index contributed by atoms with van der Waals surface area (Å²) in [5, 5.41) is 0. The summed E-state index contributed by atoms with van der Waals surface area (Å²) in [7, 11) is -3.56. The molecule has 4 nitrogen and oxygen atoms in total. The Kier molecular flexibility index (Phi) is 5.35. The fourth-order valence-corrected chi connectivity index (χ4v) is 3.65. The molecule has 0 bridgehead atoms. The van der Waals surface area contributed by atoms with Crippen LogP contribution in [-0.4, -0.2) is 39.0 Å². The number of nitrogens with one attached hydrogen (secondary N) is 1.